The van der Waals surface area contributed by atoms with E-state index in [-0.39, 0.29) is 5.91 Å². The van der Waals surface area contributed by atoms with Gasteiger partial charge in [-0.15, -0.1) is 0 Å². The van der Waals surface area contributed by atoms with Gasteiger partial charge in [0.05, 0.1) is 0 Å². The Morgan fingerprint density at radius 3 is 2.82 bits per heavy atom. The molecule has 1 saturated carbocycles. The first-order chi connectivity index (χ1) is 8.24. The van der Waals surface area contributed by atoms with E-state index in [0.717, 1.165) is 29.8 Å². The molecule has 0 aromatic heterocycles. The highest BCUT2D eigenvalue weighted by molar-refractivity contribution is 6.30. The first-order valence-electron chi connectivity index (χ1n) is 6.28. The van der Waals surface area contributed by atoms with Gasteiger partial charge in [0, 0.05) is 17.5 Å². The predicted molar refractivity (Wildman–Crippen MR) is 70.2 cm³/mol. The standard InChI is InChI=1S/C14H18ClNO/c15-12-5-3-4-11(10-12)8-9-14(17)16-13-6-1-2-7-13/h3-5,10,13H,1-2,6-9H2,(H,16,17). The molecule has 2 nitrogen and oxygen atoms in total. The molecule has 0 spiro atoms. The van der Waals surface area contributed by atoms with Crippen molar-refractivity contribution < 1.29 is 4.79 Å². The normalized spacial score (nSPS) is 16.1. The number of aryl methyl sites for hydroxylation is 1. The zero-order chi connectivity index (χ0) is 12.1. The number of rotatable bonds is 4. The van der Waals surface area contributed by atoms with Crippen LogP contribution >= 0.6 is 11.6 Å². The van der Waals surface area contributed by atoms with Crippen LogP contribution in [0, 0.1) is 0 Å². The van der Waals surface area contributed by atoms with E-state index >= 15 is 0 Å². The van der Waals surface area contributed by atoms with Crippen molar-refractivity contribution in [3.63, 3.8) is 0 Å². The molecule has 1 aromatic carbocycles. The van der Waals surface area contributed by atoms with Gasteiger partial charge in [-0.05, 0) is 37.0 Å². The van der Waals surface area contributed by atoms with E-state index in [0.29, 0.717) is 12.5 Å². The molecule has 1 N–H and O–H groups in total. The van der Waals surface area contributed by atoms with Crippen LogP contribution < -0.4 is 5.32 Å². The van der Waals surface area contributed by atoms with E-state index in [2.05, 4.69) is 5.32 Å². The van der Waals surface area contributed by atoms with Gasteiger partial charge in [0.2, 0.25) is 5.91 Å². The fraction of sp³-hybridized carbons (Fsp3) is 0.500. The van der Waals surface area contributed by atoms with Crippen LogP contribution in [0.2, 0.25) is 5.02 Å². The molecule has 92 valence electrons. The molecule has 0 bridgehead atoms. The Kier molecular flexibility index (Phi) is 4.43. The summed E-state index contributed by atoms with van der Waals surface area (Å²) in [5.41, 5.74) is 1.12. The summed E-state index contributed by atoms with van der Waals surface area (Å²) in [6, 6.07) is 8.12. The van der Waals surface area contributed by atoms with Crippen LogP contribution in [0.15, 0.2) is 24.3 Å². The Hall–Kier alpha value is -1.02. The Balaban J connectivity index is 1.75. The molecule has 0 heterocycles. The minimum atomic E-state index is 0.164. The summed E-state index contributed by atoms with van der Waals surface area (Å²) in [6.07, 6.45) is 6.10. The van der Waals surface area contributed by atoms with Crippen molar-refractivity contribution in [1.82, 2.24) is 5.32 Å². The number of carbonyl (C=O) groups excluding carboxylic acids is 1. The fourth-order valence-corrected chi connectivity index (χ4v) is 2.53. The number of benzene rings is 1. The van der Waals surface area contributed by atoms with E-state index in [1.807, 2.05) is 24.3 Å². The molecule has 0 unspecified atom stereocenters. The lowest BCUT2D eigenvalue weighted by molar-refractivity contribution is -0.121. The van der Waals surface area contributed by atoms with Gasteiger partial charge in [0.25, 0.3) is 0 Å². The Bertz CT molecular complexity index is 386. The van der Waals surface area contributed by atoms with Crippen molar-refractivity contribution in [3.05, 3.63) is 34.9 Å². The van der Waals surface area contributed by atoms with Crippen LogP contribution in [0.25, 0.3) is 0 Å². The Morgan fingerprint density at radius 1 is 1.35 bits per heavy atom. The summed E-state index contributed by atoms with van der Waals surface area (Å²) in [6.45, 7) is 0. The van der Waals surface area contributed by atoms with Crippen molar-refractivity contribution >= 4 is 17.5 Å². The number of hydrogen-bond acceptors (Lipinski definition) is 1. The van der Waals surface area contributed by atoms with E-state index < -0.39 is 0 Å². The van der Waals surface area contributed by atoms with Gasteiger partial charge in [-0.1, -0.05) is 36.6 Å². The minimum absolute atomic E-state index is 0.164. The Labute approximate surface area is 107 Å². The average Bonchev–Trinajstić information content (AvgIpc) is 2.79. The molecule has 1 aliphatic carbocycles. The van der Waals surface area contributed by atoms with Crippen molar-refractivity contribution in [1.29, 1.82) is 0 Å². The van der Waals surface area contributed by atoms with Crippen molar-refractivity contribution in [2.24, 2.45) is 0 Å². The van der Waals surface area contributed by atoms with Gasteiger partial charge >= 0.3 is 0 Å². The van der Waals surface area contributed by atoms with Crippen molar-refractivity contribution in [3.8, 4) is 0 Å². The molecule has 1 fully saturated rings. The van der Waals surface area contributed by atoms with Crippen LogP contribution in [-0.2, 0) is 11.2 Å². The first-order valence-corrected chi connectivity index (χ1v) is 6.65. The third-order valence-corrected chi connectivity index (χ3v) is 3.49. The zero-order valence-corrected chi connectivity index (χ0v) is 10.7. The van der Waals surface area contributed by atoms with Gasteiger partial charge < -0.3 is 5.32 Å². The summed E-state index contributed by atoms with van der Waals surface area (Å²) >= 11 is 5.90. The summed E-state index contributed by atoms with van der Waals surface area (Å²) in [5, 5.41) is 3.83. The molecule has 17 heavy (non-hydrogen) atoms. The number of halogens is 1. The number of hydrogen-bond donors (Lipinski definition) is 1. The van der Waals surface area contributed by atoms with Crippen LogP contribution in [-0.4, -0.2) is 11.9 Å². The SMILES string of the molecule is O=C(CCc1cccc(Cl)c1)NC1CCCC1. The predicted octanol–water partition coefficient (Wildman–Crippen LogP) is 3.33. The lowest BCUT2D eigenvalue weighted by Crippen LogP contribution is -2.32. The minimum Gasteiger partial charge on any atom is -0.353 e. The largest absolute Gasteiger partial charge is 0.353 e. The summed E-state index contributed by atoms with van der Waals surface area (Å²) in [5.74, 6) is 0.164. The van der Waals surface area contributed by atoms with Gasteiger partial charge in [-0.25, -0.2) is 0 Å². The summed E-state index contributed by atoms with van der Waals surface area (Å²) < 4.78 is 0. The third-order valence-electron chi connectivity index (χ3n) is 3.25. The van der Waals surface area contributed by atoms with E-state index in [1.54, 1.807) is 0 Å². The molecular formula is C14H18ClNO. The summed E-state index contributed by atoms with van der Waals surface area (Å²) in [7, 11) is 0. The monoisotopic (exact) mass is 251 g/mol. The molecule has 0 atom stereocenters. The maximum Gasteiger partial charge on any atom is 0.220 e. The number of carbonyl (C=O) groups is 1. The maximum atomic E-state index is 11.7. The smallest absolute Gasteiger partial charge is 0.220 e. The molecule has 0 saturated heterocycles. The van der Waals surface area contributed by atoms with Crippen molar-refractivity contribution in [2.75, 3.05) is 0 Å². The second-order valence-corrected chi connectivity index (χ2v) is 5.12. The molecule has 1 amide bonds. The van der Waals surface area contributed by atoms with Gasteiger partial charge in [0.1, 0.15) is 0 Å². The van der Waals surface area contributed by atoms with Gasteiger partial charge in [-0.2, -0.15) is 0 Å². The molecule has 0 radical (unpaired) electrons. The van der Waals surface area contributed by atoms with E-state index in [1.165, 1.54) is 12.8 Å². The third kappa shape index (κ3) is 4.04. The van der Waals surface area contributed by atoms with E-state index in [9.17, 15) is 4.79 Å². The second-order valence-electron chi connectivity index (χ2n) is 4.68. The molecule has 2 rings (SSSR count). The highest BCUT2D eigenvalue weighted by Gasteiger charge is 2.16. The lowest BCUT2D eigenvalue weighted by atomic mass is 10.1. The van der Waals surface area contributed by atoms with E-state index in [4.69, 9.17) is 11.6 Å². The zero-order valence-electron chi connectivity index (χ0n) is 9.92. The highest BCUT2D eigenvalue weighted by Crippen LogP contribution is 2.18. The van der Waals surface area contributed by atoms with Gasteiger partial charge in [-0.3, -0.25) is 4.79 Å². The first kappa shape index (κ1) is 12.4. The Morgan fingerprint density at radius 2 is 2.12 bits per heavy atom. The lowest BCUT2D eigenvalue weighted by Gasteiger charge is -2.11. The van der Waals surface area contributed by atoms with Crippen LogP contribution in [0.5, 0.6) is 0 Å². The van der Waals surface area contributed by atoms with Gasteiger partial charge in [0.15, 0.2) is 0 Å². The molecule has 0 aliphatic heterocycles. The topological polar surface area (TPSA) is 29.1 Å². The molecule has 1 aromatic rings. The summed E-state index contributed by atoms with van der Waals surface area (Å²) in [4.78, 5) is 11.7. The average molecular weight is 252 g/mol. The fourth-order valence-electron chi connectivity index (χ4n) is 2.32. The number of amides is 1. The van der Waals surface area contributed by atoms with Crippen molar-refractivity contribution in [2.45, 2.75) is 44.6 Å². The quantitative estimate of drug-likeness (QED) is 0.874. The van der Waals surface area contributed by atoms with Crippen LogP contribution in [0.4, 0.5) is 0 Å². The molecular weight excluding hydrogens is 234 g/mol. The highest BCUT2D eigenvalue weighted by atomic mass is 35.5. The second kappa shape index (κ2) is 6.06. The number of nitrogens with one attached hydrogen (secondary N) is 1. The maximum absolute atomic E-state index is 11.7. The molecule has 3 heteroatoms. The molecule has 1 aliphatic rings. The van der Waals surface area contributed by atoms with Crippen LogP contribution in [0.1, 0.15) is 37.7 Å². The van der Waals surface area contributed by atoms with Crippen LogP contribution in [0.3, 0.4) is 0 Å².